The summed E-state index contributed by atoms with van der Waals surface area (Å²) in [6, 6.07) is 31.3. The van der Waals surface area contributed by atoms with Crippen LogP contribution in [0.15, 0.2) is 102 Å². The number of hydrogen-bond acceptors (Lipinski definition) is 5. The van der Waals surface area contributed by atoms with Gasteiger partial charge < -0.3 is 14.8 Å². The van der Waals surface area contributed by atoms with Crippen LogP contribution in [-0.4, -0.2) is 40.0 Å². The second kappa shape index (κ2) is 11.2. The molecule has 6 heteroatoms. The van der Waals surface area contributed by atoms with Crippen molar-refractivity contribution >= 4 is 20.6 Å². The molecule has 2 atom stereocenters. The van der Waals surface area contributed by atoms with Gasteiger partial charge in [0, 0.05) is 12.5 Å². The fourth-order valence-electron chi connectivity index (χ4n) is 4.74. The summed E-state index contributed by atoms with van der Waals surface area (Å²) in [5.74, 6) is 0.904. The fraction of sp³-hybridized carbons (Fsp3) is 0.267. The summed E-state index contributed by atoms with van der Waals surface area (Å²) in [6.45, 7) is 2.45. The fourth-order valence-corrected chi connectivity index (χ4v) is 5.85. The summed E-state index contributed by atoms with van der Waals surface area (Å²) < 4.78 is 37.0. The highest BCUT2D eigenvalue weighted by Gasteiger charge is 2.27. The van der Waals surface area contributed by atoms with E-state index in [0.717, 1.165) is 19.5 Å². The summed E-state index contributed by atoms with van der Waals surface area (Å²) in [7, 11) is -3.35. The maximum absolute atomic E-state index is 12.4. The normalized spacial score (nSPS) is 18.2. The van der Waals surface area contributed by atoms with Gasteiger partial charge in [0.05, 0.1) is 23.4 Å². The van der Waals surface area contributed by atoms with Crippen molar-refractivity contribution in [1.29, 1.82) is 0 Å². The van der Waals surface area contributed by atoms with E-state index in [9.17, 15) is 8.42 Å². The van der Waals surface area contributed by atoms with E-state index in [0.29, 0.717) is 23.2 Å². The van der Waals surface area contributed by atoms with Gasteiger partial charge in [0.2, 0.25) is 0 Å². The van der Waals surface area contributed by atoms with E-state index < -0.39 is 9.84 Å². The minimum absolute atomic E-state index is 0.0578. The number of sulfone groups is 1. The Bertz CT molecular complexity index is 1390. The van der Waals surface area contributed by atoms with Crippen molar-refractivity contribution in [1.82, 2.24) is 5.32 Å². The van der Waals surface area contributed by atoms with Gasteiger partial charge in [-0.3, -0.25) is 0 Å². The molecule has 0 amide bonds. The van der Waals surface area contributed by atoms with Crippen LogP contribution in [0.25, 0.3) is 10.8 Å². The van der Waals surface area contributed by atoms with Gasteiger partial charge in [-0.05, 0) is 65.2 Å². The van der Waals surface area contributed by atoms with Gasteiger partial charge in [0.25, 0.3) is 0 Å². The molecule has 1 N–H and O–H groups in total. The number of rotatable bonds is 9. The zero-order valence-corrected chi connectivity index (χ0v) is 21.0. The molecule has 36 heavy (non-hydrogen) atoms. The maximum Gasteiger partial charge on any atom is 0.181 e. The molecule has 1 fully saturated rings. The lowest BCUT2D eigenvalue weighted by molar-refractivity contribution is 0.0106. The van der Waals surface area contributed by atoms with E-state index in [2.05, 4.69) is 59.9 Å². The van der Waals surface area contributed by atoms with Crippen LogP contribution in [0.5, 0.6) is 5.75 Å². The summed E-state index contributed by atoms with van der Waals surface area (Å²) in [5.41, 5.74) is 2.39. The third kappa shape index (κ3) is 5.95. The molecule has 0 radical (unpaired) electrons. The van der Waals surface area contributed by atoms with E-state index in [1.165, 1.54) is 21.9 Å². The minimum atomic E-state index is -3.35. The molecule has 0 bridgehead atoms. The zero-order valence-electron chi connectivity index (χ0n) is 20.2. The van der Waals surface area contributed by atoms with Gasteiger partial charge in [-0.15, -0.1) is 0 Å². The van der Waals surface area contributed by atoms with Crippen LogP contribution in [0.2, 0.25) is 0 Å². The average molecular weight is 502 g/mol. The largest absolute Gasteiger partial charge is 0.493 e. The lowest BCUT2D eigenvalue weighted by Gasteiger charge is -2.32. The standard InChI is InChI=1S/C30H31NO4S/c32-36(33,28-8-2-1-3-9-28)19-18-34-27-14-12-25(13-15-27)29-16-17-31-21-30(29)35-22-23-10-11-24-6-4-5-7-26(24)20-23/h1-15,20,29-31H,16-19,21-22H2. The molecule has 5 rings (SSSR count). The van der Waals surface area contributed by atoms with E-state index in [1.54, 1.807) is 30.3 Å². The van der Waals surface area contributed by atoms with Gasteiger partial charge in [0.1, 0.15) is 12.4 Å². The van der Waals surface area contributed by atoms with Crippen molar-refractivity contribution in [2.75, 3.05) is 25.4 Å². The molecule has 5 nitrogen and oxygen atoms in total. The topological polar surface area (TPSA) is 64.6 Å². The Kier molecular flexibility index (Phi) is 7.66. The molecule has 1 heterocycles. The van der Waals surface area contributed by atoms with Crippen LogP contribution in [0, 0.1) is 0 Å². The van der Waals surface area contributed by atoms with Crippen LogP contribution in [0.4, 0.5) is 0 Å². The molecule has 0 saturated carbocycles. The Balaban J connectivity index is 1.18. The van der Waals surface area contributed by atoms with E-state index in [1.807, 2.05) is 12.1 Å². The molecule has 2 unspecified atom stereocenters. The molecule has 1 aliphatic rings. The predicted molar refractivity (Wildman–Crippen MR) is 143 cm³/mol. The summed E-state index contributed by atoms with van der Waals surface area (Å²) in [6.07, 6.45) is 1.07. The lowest BCUT2D eigenvalue weighted by Crippen LogP contribution is -2.40. The highest BCUT2D eigenvalue weighted by molar-refractivity contribution is 7.91. The lowest BCUT2D eigenvalue weighted by atomic mass is 9.87. The van der Waals surface area contributed by atoms with Gasteiger partial charge in [-0.25, -0.2) is 8.42 Å². The summed E-state index contributed by atoms with van der Waals surface area (Å²) in [5, 5.41) is 5.92. The van der Waals surface area contributed by atoms with Crippen molar-refractivity contribution in [3.8, 4) is 5.75 Å². The molecule has 4 aromatic rings. The molecule has 0 spiro atoms. The van der Waals surface area contributed by atoms with Crippen LogP contribution in [0.1, 0.15) is 23.5 Å². The first kappa shape index (κ1) is 24.5. The summed E-state index contributed by atoms with van der Waals surface area (Å²) in [4.78, 5) is 0.324. The average Bonchev–Trinajstić information content (AvgIpc) is 2.93. The number of hydrogen-bond donors (Lipinski definition) is 1. The Morgan fingerprint density at radius 2 is 1.58 bits per heavy atom. The first-order valence-electron chi connectivity index (χ1n) is 12.4. The molecule has 4 aromatic carbocycles. The molecule has 186 valence electrons. The van der Waals surface area contributed by atoms with Crippen molar-refractivity contribution in [2.24, 2.45) is 0 Å². The predicted octanol–water partition coefficient (Wildman–Crippen LogP) is 5.35. The van der Waals surface area contributed by atoms with Crippen molar-refractivity contribution in [3.05, 3.63) is 108 Å². The molecule has 1 aliphatic heterocycles. The number of piperidine rings is 1. The minimum Gasteiger partial charge on any atom is -0.493 e. The highest BCUT2D eigenvalue weighted by Crippen LogP contribution is 2.30. The third-order valence-electron chi connectivity index (χ3n) is 6.74. The number of nitrogens with one attached hydrogen (secondary N) is 1. The second-order valence-electron chi connectivity index (χ2n) is 9.18. The van der Waals surface area contributed by atoms with E-state index in [4.69, 9.17) is 9.47 Å². The molecule has 0 aliphatic carbocycles. The SMILES string of the molecule is O=S(=O)(CCOc1ccc(C2CCNCC2OCc2ccc3ccccc3c2)cc1)c1ccccc1. The number of fused-ring (bicyclic) bond motifs is 1. The Labute approximate surface area is 213 Å². The molecule has 1 saturated heterocycles. The monoisotopic (exact) mass is 501 g/mol. The number of benzene rings is 4. The smallest absolute Gasteiger partial charge is 0.181 e. The summed E-state index contributed by atoms with van der Waals surface area (Å²) >= 11 is 0. The van der Waals surface area contributed by atoms with Gasteiger partial charge in [-0.2, -0.15) is 0 Å². The third-order valence-corrected chi connectivity index (χ3v) is 8.43. The Morgan fingerprint density at radius 3 is 2.39 bits per heavy atom. The molecular weight excluding hydrogens is 470 g/mol. The number of ether oxygens (including phenoxy) is 2. The van der Waals surface area contributed by atoms with Gasteiger partial charge in [-0.1, -0.05) is 66.7 Å². The first-order chi connectivity index (χ1) is 17.6. The van der Waals surface area contributed by atoms with Gasteiger partial charge >= 0.3 is 0 Å². The van der Waals surface area contributed by atoms with Crippen molar-refractivity contribution in [3.63, 3.8) is 0 Å². The highest BCUT2D eigenvalue weighted by atomic mass is 32.2. The Hall–Kier alpha value is -3.19. The van der Waals surface area contributed by atoms with E-state index >= 15 is 0 Å². The molecular formula is C30H31NO4S. The quantitative estimate of drug-likeness (QED) is 0.335. The maximum atomic E-state index is 12.4. The Morgan fingerprint density at radius 1 is 0.833 bits per heavy atom. The van der Waals surface area contributed by atoms with Crippen LogP contribution in [0.3, 0.4) is 0 Å². The van der Waals surface area contributed by atoms with Gasteiger partial charge in [0.15, 0.2) is 9.84 Å². The van der Waals surface area contributed by atoms with Crippen molar-refractivity contribution in [2.45, 2.75) is 29.9 Å². The van der Waals surface area contributed by atoms with Crippen LogP contribution < -0.4 is 10.1 Å². The van der Waals surface area contributed by atoms with Crippen LogP contribution in [-0.2, 0) is 21.2 Å². The van der Waals surface area contributed by atoms with Crippen molar-refractivity contribution < 1.29 is 17.9 Å². The van der Waals surface area contributed by atoms with Crippen LogP contribution >= 0.6 is 0 Å². The first-order valence-corrected chi connectivity index (χ1v) is 14.0. The zero-order chi connectivity index (χ0) is 24.8. The second-order valence-corrected chi connectivity index (χ2v) is 11.3. The van der Waals surface area contributed by atoms with E-state index in [-0.39, 0.29) is 18.5 Å². The molecule has 0 aromatic heterocycles.